The van der Waals surface area contributed by atoms with Gasteiger partial charge in [0.1, 0.15) is 5.75 Å². The van der Waals surface area contributed by atoms with Crippen LogP contribution in [-0.2, 0) is 13.0 Å². The summed E-state index contributed by atoms with van der Waals surface area (Å²) < 4.78 is 5.73. The Kier molecular flexibility index (Phi) is 4.08. The molecule has 0 amide bonds. The van der Waals surface area contributed by atoms with Gasteiger partial charge in [0.2, 0.25) is 0 Å². The molecule has 17 heavy (non-hydrogen) atoms. The summed E-state index contributed by atoms with van der Waals surface area (Å²) in [6.07, 6.45) is 2.86. The largest absolute Gasteiger partial charge is 0.491 e. The number of ether oxygens (including phenoxy) is 1. The highest BCUT2D eigenvalue weighted by molar-refractivity contribution is 6.33. The summed E-state index contributed by atoms with van der Waals surface area (Å²) in [6, 6.07) is 4.06. The third-order valence-electron chi connectivity index (χ3n) is 3.08. The van der Waals surface area contributed by atoms with Crippen LogP contribution < -0.4 is 10.1 Å². The maximum atomic E-state index is 6.37. The average Bonchev–Trinajstić information content (AvgIpc) is 2.38. The van der Waals surface area contributed by atoms with E-state index in [4.69, 9.17) is 16.3 Å². The fourth-order valence-electron chi connectivity index (χ4n) is 1.91. The number of benzene rings is 1. The van der Waals surface area contributed by atoms with Crippen molar-refractivity contribution in [3.63, 3.8) is 0 Å². The minimum Gasteiger partial charge on any atom is -0.491 e. The van der Waals surface area contributed by atoms with Crippen molar-refractivity contribution in [2.45, 2.75) is 19.9 Å². The number of rotatable bonds is 4. The van der Waals surface area contributed by atoms with Crippen LogP contribution in [0.3, 0.4) is 0 Å². The maximum absolute atomic E-state index is 6.37. The van der Waals surface area contributed by atoms with Crippen molar-refractivity contribution in [3.05, 3.63) is 40.9 Å². The summed E-state index contributed by atoms with van der Waals surface area (Å²) in [6.45, 7) is 8.33. The van der Waals surface area contributed by atoms with Crippen molar-refractivity contribution < 1.29 is 4.74 Å². The second-order valence-corrected chi connectivity index (χ2v) is 4.84. The van der Waals surface area contributed by atoms with Crippen molar-refractivity contribution in [1.29, 1.82) is 0 Å². The fourth-order valence-corrected chi connectivity index (χ4v) is 2.25. The van der Waals surface area contributed by atoms with Crippen LogP contribution in [-0.4, -0.2) is 13.2 Å². The van der Waals surface area contributed by atoms with E-state index < -0.39 is 0 Å². The molecule has 1 atom stereocenters. The van der Waals surface area contributed by atoms with E-state index in [1.807, 2.05) is 12.1 Å². The quantitative estimate of drug-likeness (QED) is 0.830. The molecule has 0 saturated carbocycles. The van der Waals surface area contributed by atoms with Crippen molar-refractivity contribution in [2.24, 2.45) is 5.92 Å². The van der Waals surface area contributed by atoms with Gasteiger partial charge in [-0.05, 0) is 30.2 Å². The first-order valence-corrected chi connectivity index (χ1v) is 6.36. The number of hydrogen-bond donors (Lipinski definition) is 1. The molecule has 1 aromatic carbocycles. The predicted octanol–water partition coefficient (Wildman–Crippen LogP) is 3.19. The van der Waals surface area contributed by atoms with E-state index in [0.29, 0.717) is 12.5 Å². The summed E-state index contributed by atoms with van der Waals surface area (Å²) in [5.74, 6) is 1.13. The lowest BCUT2D eigenvalue weighted by Crippen LogP contribution is -2.24. The van der Waals surface area contributed by atoms with E-state index in [1.165, 1.54) is 11.1 Å². The van der Waals surface area contributed by atoms with Gasteiger partial charge in [-0.3, -0.25) is 0 Å². The molecule has 1 unspecified atom stereocenters. The first-order valence-electron chi connectivity index (χ1n) is 5.98. The molecule has 0 saturated heterocycles. The summed E-state index contributed by atoms with van der Waals surface area (Å²) in [5.41, 5.74) is 2.51. The zero-order valence-corrected chi connectivity index (χ0v) is 10.9. The van der Waals surface area contributed by atoms with Crippen molar-refractivity contribution >= 4 is 11.6 Å². The molecule has 92 valence electrons. The number of nitrogens with one attached hydrogen (secondary N) is 1. The molecule has 1 aliphatic rings. The zero-order valence-electron chi connectivity index (χ0n) is 10.1. The van der Waals surface area contributed by atoms with Gasteiger partial charge in [0.05, 0.1) is 11.6 Å². The van der Waals surface area contributed by atoms with Gasteiger partial charge in [-0.2, -0.15) is 0 Å². The Hall–Kier alpha value is -0.990. The van der Waals surface area contributed by atoms with Crippen molar-refractivity contribution in [3.8, 4) is 5.75 Å². The molecule has 0 aliphatic carbocycles. The van der Waals surface area contributed by atoms with E-state index in [0.717, 1.165) is 30.3 Å². The van der Waals surface area contributed by atoms with Gasteiger partial charge < -0.3 is 10.1 Å². The van der Waals surface area contributed by atoms with Gasteiger partial charge in [0.15, 0.2) is 0 Å². The summed E-state index contributed by atoms with van der Waals surface area (Å²) >= 11 is 6.37. The Morgan fingerprint density at radius 3 is 3.18 bits per heavy atom. The normalized spacial score (nSPS) is 16.1. The van der Waals surface area contributed by atoms with Crippen molar-refractivity contribution in [2.75, 3.05) is 13.2 Å². The monoisotopic (exact) mass is 251 g/mol. The second-order valence-electron chi connectivity index (χ2n) is 4.47. The van der Waals surface area contributed by atoms with Gasteiger partial charge in [-0.1, -0.05) is 30.7 Å². The highest BCUT2D eigenvalue weighted by atomic mass is 35.5. The molecule has 0 spiro atoms. The number of hydrogen-bond acceptors (Lipinski definition) is 2. The van der Waals surface area contributed by atoms with Crippen LogP contribution in [0.2, 0.25) is 5.02 Å². The molecule has 2 nitrogen and oxygen atoms in total. The Labute approximate surface area is 108 Å². The second kappa shape index (κ2) is 5.56. The summed E-state index contributed by atoms with van der Waals surface area (Å²) in [5, 5.41) is 4.11. The van der Waals surface area contributed by atoms with Crippen molar-refractivity contribution in [1.82, 2.24) is 5.32 Å². The van der Waals surface area contributed by atoms with Crippen LogP contribution in [0.25, 0.3) is 0 Å². The van der Waals surface area contributed by atoms with Crippen LogP contribution in [0, 0.1) is 5.92 Å². The third kappa shape index (κ3) is 2.82. The Morgan fingerprint density at radius 2 is 2.41 bits per heavy atom. The lowest BCUT2D eigenvalue weighted by atomic mass is 10.0. The molecular formula is C14H18ClNO. The molecule has 1 aliphatic heterocycles. The number of halogens is 1. The van der Waals surface area contributed by atoms with Crippen LogP contribution in [0.15, 0.2) is 24.8 Å². The standard InChI is InChI=1S/C14H18ClNO/c1-3-10(2)9-17-13-5-4-11-8-16-7-6-12(11)14(13)15/h3-5,10,16H,1,6-9H2,2H3. The third-order valence-corrected chi connectivity index (χ3v) is 3.49. The van der Waals surface area contributed by atoms with E-state index in [9.17, 15) is 0 Å². The number of fused-ring (bicyclic) bond motifs is 1. The van der Waals surface area contributed by atoms with Crippen LogP contribution in [0.4, 0.5) is 0 Å². The van der Waals surface area contributed by atoms with E-state index in [-0.39, 0.29) is 0 Å². The topological polar surface area (TPSA) is 21.3 Å². The van der Waals surface area contributed by atoms with Gasteiger partial charge >= 0.3 is 0 Å². The maximum Gasteiger partial charge on any atom is 0.138 e. The van der Waals surface area contributed by atoms with Crippen LogP contribution >= 0.6 is 11.6 Å². The molecule has 0 fully saturated rings. The summed E-state index contributed by atoms with van der Waals surface area (Å²) in [7, 11) is 0. The zero-order chi connectivity index (χ0) is 12.3. The molecule has 2 rings (SSSR count). The molecule has 0 bridgehead atoms. The van der Waals surface area contributed by atoms with Gasteiger partial charge in [-0.15, -0.1) is 6.58 Å². The van der Waals surface area contributed by atoms with Gasteiger partial charge in [0.25, 0.3) is 0 Å². The predicted molar refractivity (Wildman–Crippen MR) is 71.7 cm³/mol. The first kappa shape index (κ1) is 12.5. The average molecular weight is 252 g/mol. The molecule has 0 aromatic heterocycles. The fraction of sp³-hybridized carbons (Fsp3) is 0.429. The van der Waals surface area contributed by atoms with Gasteiger partial charge in [0, 0.05) is 12.5 Å². The van der Waals surface area contributed by atoms with E-state index in [1.54, 1.807) is 0 Å². The van der Waals surface area contributed by atoms with E-state index in [2.05, 4.69) is 24.9 Å². The Bertz CT molecular complexity index is 417. The van der Waals surface area contributed by atoms with Gasteiger partial charge in [-0.25, -0.2) is 0 Å². The SMILES string of the molecule is C=CC(C)COc1ccc2c(c1Cl)CCNC2. The highest BCUT2D eigenvalue weighted by Crippen LogP contribution is 2.32. The minimum atomic E-state index is 0.337. The molecule has 1 heterocycles. The smallest absolute Gasteiger partial charge is 0.138 e. The highest BCUT2D eigenvalue weighted by Gasteiger charge is 2.15. The lowest BCUT2D eigenvalue weighted by Gasteiger charge is -2.20. The first-order chi connectivity index (χ1) is 8.22. The molecular weight excluding hydrogens is 234 g/mol. The molecule has 3 heteroatoms. The Balaban J connectivity index is 2.15. The van der Waals surface area contributed by atoms with Crippen LogP contribution in [0.5, 0.6) is 5.75 Å². The minimum absolute atomic E-state index is 0.337. The molecule has 0 radical (unpaired) electrons. The summed E-state index contributed by atoms with van der Waals surface area (Å²) in [4.78, 5) is 0. The molecule has 1 N–H and O–H groups in total. The lowest BCUT2D eigenvalue weighted by molar-refractivity contribution is 0.285. The molecule has 1 aromatic rings. The van der Waals surface area contributed by atoms with E-state index >= 15 is 0 Å². The Morgan fingerprint density at radius 1 is 1.59 bits per heavy atom. The van der Waals surface area contributed by atoms with Crippen LogP contribution in [0.1, 0.15) is 18.1 Å².